The van der Waals surface area contributed by atoms with Crippen molar-refractivity contribution in [3.63, 3.8) is 0 Å². The first kappa shape index (κ1) is 20.0. The number of piperazine rings is 1. The van der Waals surface area contributed by atoms with Gasteiger partial charge in [-0.05, 0) is 24.2 Å². The van der Waals surface area contributed by atoms with Gasteiger partial charge in [-0.15, -0.1) is 11.3 Å². The Morgan fingerprint density at radius 3 is 2.30 bits per heavy atom. The number of nitrogens with one attached hydrogen (secondary N) is 1. The zero-order valence-electron chi connectivity index (χ0n) is 16.8. The first-order chi connectivity index (χ1) is 12.8. The SMILES string of the molecule is CCN1CCN(Cc2ccc(NC(=O)c3cnc(C(C)(C)C)s3)cc2)CC1. The maximum Gasteiger partial charge on any atom is 0.267 e. The van der Waals surface area contributed by atoms with Crippen LogP contribution in [-0.4, -0.2) is 53.4 Å². The third-order valence-electron chi connectivity index (χ3n) is 4.90. The van der Waals surface area contributed by atoms with Gasteiger partial charge in [-0.1, -0.05) is 39.8 Å². The van der Waals surface area contributed by atoms with Crippen LogP contribution in [0.4, 0.5) is 5.69 Å². The maximum atomic E-state index is 12.5. The van der Waals surface area contributed by atoms with Crippen LogP contribution in [0.1, 0.15) is 47.9 Å². The molecule has 2 heterocycles. The molecular weight excluding hydrogens is 356 g/mol. The number of hydrogen-bond acceptors (Lipinski definition) is 5. The number of carbonyl (C=O) groups is 1. The molecule has 0 atom stereocenters. The minimum absolute atomic E-state index is 0.0343. The molecule has 1 amide bonds. The Balaban J connectivity index is 1.54. The summed E-state index contributed by atoms with van der Waals surface area (Å²) in [7, 11) is 0. The molecule has 0 aliphatic carbocycles. The van der Waals surface area contributed by atoms with E-state index in [1.807, 2.05) is 12.1 Å². The molecule has 5 nitrogen and oxygen atoms in total. The minimum Gasteiger partial charge on any atom is -0.321 e. The molecule has 27 heavy (non-hydrogen) atoms. The van der Waals surface area contributed by atoms with E-state index in [4.69, 9.17) is 0 Å². The van der Waals surface area contributed by atoms with Gasteiger partial charge in [0.25, 0.3) is 5.91 Å². The van der Waals surface area contributed by atoms with Crippen LogP contribution >= 0.6 is 11.3 Å². The summed E-state index contributed by atoms with van der Waals surface area (Å²) in [6.07, 6.45) is 1.67. The Morgan fingerprint density at radius 2 is 1.74 bits per heavy atom. The van der Waals surface area contributed by atoms with E-state index < -0.39 is 0 Å². The normalized spacial score (nSPS) is 16.4. The summed E-state index contributed by atoms with van der Waals surface area (Å²) in [5.41, 5.74) is 2.07. The van der Waals surface area contributed by atoms with Gasteiger partial charge >= 0.3 is 0 Å². The summed E-state index contributed by atoms with van der Waals surface area (Å²) in [6.45, 7) is 15.2. The second kappa shape index (κ2) is 8.50. The fourth-order valence-electron chi connectivity index (χ4n) is 3.13. The maximum absolute atomic E-state index is 12.5. The van der Waals surface area contributed by atoms with E-state index in [9.17, 15) is 4.79 Å². The van der Waals surface area contributed by atoms with Crippen LogP contribution in [0, 0.1) is 0 Å². The van der Waals surface area contributed by atoms with Crippen molar-refractivity contribution < 1.29 is 4.79 Å². The van der Waals surface area contributed by atoms with Gasteiger partial charge in [0.1, 0.15) is 4.88 Å². The van der Waals surface area contributed by atoms with Gasteiger partial charge in [0.2, 0.25) is 0 Å². The van der Waals surface area contributed by atoms with Crippen LogP contribution in [0.15, 0.2) is 30.5 Å². The second-order valence-electron chi connectivity index (χ2n) is 8.14. The quantitative estimate of drug-likeness (QED) is 0.848. The number of aromatic nitrogens is 1. The highest BCUT2D eigenvalue weighted by atomic mass is 32.1. The molecule has 1 fully saturated rings. The molecule has 1 aliphatic rings. The molecule has 0 bridgehead atoms. The third kappa shape index (κ3) is 5.37. The molecule has 1 N–H and O–H groups in total. The van der Waals surface area contributed by atoms with Crippen molar-refractivity contribution in [2.75, 3.05) is 38.0 Å². The van der Waals surface area contributed by atoms with E-state index in [1.54, 1.807) is 6.20 Å². The molecule has 0 saturated carbocycles. The van der Waals surface area contributed by atoms with Crippen molar-refractivity contribution in [1.82, 2.24) is 14.8 Å². The van der Waals surface area contributed by atoms with Gasteiger partial charge in [-0.25, -0.2) is 4.98 Å². The molecule has 0 spiro atoms. The number of carbonyl (C=O) groups excluding carboxylic acids is 1. The van der Waals surface area contributed by atoms with E-state index in [0.29, 0.717) is 4.88 Å². The first-order valence-electron chi connectivity index (χ1n) is 9.66. The average molecular weight is 387 g/mol. The van der Waals surface area contributed by atoms with Crippen molar-refractivity contribution in [3.8, 4) is 0 Å². The van der Waals surface area contributed by atoms with Gasteiger partial charge < -0.3 is 10.2 Å². The first-order valence-corrected chi connectivity index (χ1v) is 10.5. The fraction of sp³-hybridized carbons (Fsp3) is 0.524. The van der Waals surface area contributed by atoms with Gasteiger partial charge in [0.15, 0.2) is 0 Å². The monoisotopic (exact) mass is 386 g/mol. The summed E-state index contributed by atoms with van der Waals surface area (Å²) < 4.78 is 0. The molecule has 146 valence electrons. The molecule has 1 aliphatic heterocycles. The molecule has 6 heteroatoms. The lowest BCUT2D eigenvalue weighted by molar-refractivity contribution is 0.103. The van der Waals surface area contributed by atoms with Crippen molar-refractivity contribution >= 4 is 22.9 Å². The molecule has 0 unspecified atom stereocenters. The summed E-state index contributed by atoms with van der Waals surface area (Å²) >= 11 is 1.46. The highest BCUT2D eigenvalue weighted by Crippen LogP contribution is 2.27. The molecule has 3 rings (SSSR count). The third-order valence-corrected chi connectivity index (χ3v) is 6.32. The lowest BCUT2D eigenvalue weighted by atomic mass is 9.98. The van der Waals surface area contributed by atoms with Crippen LogP contribution in [-0.2, 0) is 12.0 Å². The summed E-state index contributed by atoms with van der Waals surface area (Å²) in [5.74, 6) is -0.0913. The van der Waals surface area contributed by atoms with Crippen molar-refractivity contribution in [1.29, 1.82) is 0 Å². The highest BCUT2D eigenvalue weighted by Gasteiger charge is 2.20. The smallest absolute Gasteiger partial charge is 0.267 e. The zero-order valence-corrected chi connectivity index (χ0v) is 17.6. The lowest BCUT2D eigenvalue weighted by Gasteiger charge is -2.34. The van der Waals surface area contributed by atoms with Crippen LogP contribution in [0.3, 0.4) is 0 Å². The van der Waals surface area contributed by atoms with E-state index in [-0.39, 0.29) is 11.3 Å². The van der Waals surface area contributed by atoms with Crippen LogP contribution in [0.5, 0.6) is 0 Å². The van der Waals surface area contributed by atoms with Crippen LogP contribution < -0.4 is 5.32 Å². The standard InChI is InChI=1S/C21H30N4OS/c1-5-24-10-12-25(13-11-24)15-16-6-8-17(9-7-16)23-19(26)18-14-22-20(27-18)21(2,3)4/h6-9,14H,5,10-13,15H2,1-4H3,(H,23,26). The number of nitrogens with zero attached hydrogens (tertiary/aromatic N) is 3. The minimum atomic E-state index is -0.0913. The number of anilines is 1. The molecule has 0 radical (unpaired) electrons. The second-order valence-corrected chi connectivity index (χ2v) is 9.17. The van der Waals surface area contributed by atoms with E-state index >= 15 is 0 Å². The number of amides is 1. The topological polar surface area (TPSA) is 48.5 Å². The highest BCUT2D eigenvalue weighted by molar-refractivity contribution is 7.13. The van der Waals surface area contributed by atoms with Crippen LogP contribution in [0.25, 0.3) is 0 Å². The number of hydrogen-bond donors (Lipinski definition) is 1. The van der Waals surface area contributed by atoms with Gasteiger partial charge in [0.05, 0.1) is 11.2 Å². The average Bonchev–Trinajstić information content (AvgIpc) is 3.15. The zero-order chi connectivity index (χ0) is 19.4. The summed E-state index contributed by atoms with van der Waals surface area (Å²) in [5, 5.41) is 3.96. The molecular formula is C21H30N4OS. The van der Waals surface area contributed by atoms with E-state index in [2.05, 4.69) is 59.9 Å². The molecule has 2 aromatic rings. The molecule has 1 aromatic carbocycles. The van der Waals surface area contributed by atoms with Crippen molar-refractivity contribution in [3.05, 3.63) is 45.9 Å². The number of likely N-dealkylation sites (N-methyl/N-ethyl adjacent to an activating group) is 1. The summed E-state index contributed by atoms with van der Waals surface area (Å²) in [4.78, 5) is 22.5. The lowest BCUT2D eigenvalue weighted by Crippen LogP contribution is -2.45. The number of benzene rings is 1. The Bertz CT molecular complexity index is 755. The Morgan fingerprint density at radius 1 is 1.11 bits per heavy atom. The molecule has 1 saturated heterocycles. The molecule has 1 aromatic heterocycles. The van der Waals surface area contributed by atoms with Crippen molar-refractivity contribution in [2.45, 2.75) is 39.7 Å². The number of thiazole rings is 1. The van der Waals surface area contributed by atoms with Gasteiger partial charge in [-0.3, -0.25) is 9.69 Å². The Labute approximate surface area is 166 Å². The van der Waals surface area contributed by atoms with Crippen LogP contribution in [0.2, 0.25) is 0 Å². The predicted molar refractivity (Wildman–Crippen MR) is 113 cm³/mol. The summed E-state index contributed by atoms with van der Waals surface area (Å²) in [6, 6.07) is 8.19. The van der Waals surface area contributed by atoms with Crippen molar-refractivity contribution in [2.24, 2.45) is 0 Å². The fourth-order valence-corrected chi connectivity index (χ4v) is 4.00. The Hall–Kier alpha value is -1.76. The van der Waals surface area contributed by atoms with Gasteiger partial charge in [0, 0.05) is 43.8 Å². The van der Waals surface area contributed by atoms with Gasteiger partial charge in [-0.2, -0.15) is 0 Å². The van der Waals surface area contributed by atoms with E-state index in [0.717, 1.165) is 50.0 Å². The largest absolute Gasteiger partial charge is 0.321 e. The Kier molecular flexibility index (Phi) is 6.29. The van der Waals surface area contributed by atoms with E-state index in [1.165, 1.54) is 16.9 Å². The number of rotatable bonds is 5. The predicted octanol–water partition coefficient (Wildman–Crippen LogP) is 3.83.